The van der Waals surface area contributed by atoms with Crippen LogP contribution in [0.15, 0.2) is 4.79 Å². The molecular formula is C12H20ClN3O2S. The molecule has 0 saturated carbocycles. The Labute approximate surface area is 122 Å². The highest BCUT2D eigenvalue weighted by Crippen LogP contribution is 2.15. The first kappa shape index (κ1) is 16.2. The van der Waals surface area contributed by atoms with Gasteiger partial charge in [0.1, 0.15) is 9.90 Å². The standard InChI is InChI=1S/C12H20ClN3O2S/c1-7(2)5-8(6-16(3)4)14-12(18)10-9(13)11(17)15-19-10/h7-8H,5-6H2,1-4H3,(H,14,18)(H,15,17). The minimum absolute atomic E-state index is 0.0318. The Bertz CT molecular complexity index is 472. The summed E-state index contributed by atoms with van der Waals surface area (Å²) >= 11 is 6.76. The zero-order chi connectivity index (χ0) is 14.6. The molecule has 0 spiro atoms. The molecule has 1 heterocycles. The first-order valence-corrected chi connectivity index (χ1v) is 7.33. The van der Waals surface area contributed by atoms with Crippen LogP contribution in [0.25, 0.3) is 0 Å². The number of aromatic nitrogens is 1. The molecule has 0 bridgehead atoms. The van der Waals surface area contributed by atoms with Gasteiger partial charge in [0.2, 0.25) is 0 Å². The summed E-state index contributed by atoms with van der Waals surface area (Å²) in [5.74, 6) is 0.187. The molecule has 19 heavy (non-hydrogen) atoms. The molecule has 2 N–H and O–H groups in total. The van der Waals surface area contributed by atoms with Crippen LogP contribution in [-0.4, -0.2) is 41.9 Å². The molecule has 1 amide bonds. The van der Waals surface area contributed by atoms with Crippen molar-refractivity contribution >= 4 is 29.0 Å². The highest BCUT2D eigenvalue weighted by molar-refractivity contribution is 7.08. The second-order valence-corrected chi connectivity index (χ2v) is 6.43. The fourth-order valence-corrected chi connectivity index (χ4v) is 2.81. The summed E-state index contributed by atoms with van der Waals surface area (Å²) in [5.41, 5.74) is -0.412. The van der Waals surface area contributed by atoms with E-state index < -0.39 is 5.56 Å². The minimum atomic E-state index is -0.412. The maximum Gasteiger partial charge on any atom is 0.277 e. The van der Waals surface area contributed by atoms with Gasteiger partial charge in [-0.15, -0.1) is 0 Å². The average molecular weight is 306 g/mol. The van der Waals surface area contributed by atoms with Crippen LogP contribution in [0.3, 0.4) is 0 Å². The predicted octanol–water partition coefficient (Wildman–Crippen LogP) is 1.80. The molecule has 1 aromatic rings. The number of hydrogen-bond acceptors (Lipinski definition) is 4. The lowest BCUT2D eigenvalue weighted by Crippen LogP contribution is -2.42. The van der Waals surface area contributed by atoms with E-state index in [2.05, 4.69) is 23.5 Å². The molecule has 5 nitrogen and oxygen atoms in total. The van der Waals surface area contributed by atoms with E-state index in [0.29, 0.717) is 5.92 Å². The van der Waals surface area contributed by atoms with Crippen molar-refractivity contribution in [1.29, 1.82) is 0 Å². The Hall–Kier alpha value is -0.850. The summed E-state index contributed by atoms with van der Waals surface area (Å²) in [6.07, 6.45) is 0.876. The lowest BCUT2D eigenvalue weighted by atomic mass is 10.0. The van der Waals surface area contributed by atoms with Crippen molar-refractivity contribution in [1.82, 2.24) is 14.6 Å². The lowest BCUT2D eigenvalue weighted by Gasteiger charge is -2.23. The number of amides is 1. The van der Waals surface area contributed by atoms with Gasteiger partial charge in [0.25, 0.3) is 11.5 Å². The van der Waals surface area contributed by atoms with Gasteiger partial charge in [-0.25, -0.2) is 0 Å². The molecule has 1 aromatic heterocycles. The SMILES string of the molecule is CC(C)CC(CN(C)C)NC(=O)c1s[nH]c(=O)c1Cl. The number of nitrogens with one attached hydrogen (secondary N) is 2. The summed E-state index contributed by atoms with van der Waals surface area (Å²) < 4.78 is 2.46. The first-order chi connectivity index (χ1) is 8.81. The van der Waals surface area contributed by atoms with Crippen molar-refractivity contribution in [2.75, 3.05) is 20.6 Å². The number of likely N-dealkylation sites (N-methyl/N-ethyl adjacent to an activating group) is 1. The normalized spacial score (nSPS) is 13.0. The molecule has 1 unspecified atom stereocenters. The van der Waals surface area contributed by atoms with E-state index in [-0.39, 0.29) is 21.8 Å². The number of hydrogen-bond donors (Lipinski definition) is 2. The molecule has 0 saturated heterocycles. The number of rotatable bonds is 6. The molecule has 108 valence electrons. The van der Waals surface area contributed by atoms with Crippen LogP contribution in [0.1, 0.15) is 29.9 Å². The molecule has 1 rings (SSSR count). The van der Waals surface area contributed by atoms with Gasteiger partial charge in [-0.1, -0.05) is 37.0 Å². The Morgan fingerprint density at radius 1 is 1.47 bits per heavy atom. The third kappa shape index (κ3) is 4.97. The van der Waals surface area contributed by atoms with Crippen molar-refractivity contribution in [3.63, 3.8) is 0 Å². The van der Waals surface area contributed by atoms with E-state index in [1.807, 2.05) is 19.0 Å². The molecule has 0 aromatic carbocycles. The highest BCUT2D eigenvalue weighted by atomic mass is 35.5. The second kappa shape index (κ2) is 7.07. The molecule has 1 atom stereocenters. The summed E-state index contributed by atoms with van der Waals surface area (Å²) in [6.45, 7) is 4.97. The van der Waals surface area contributed by atoms with Gasteiger partial charge < -0.3 is 10.2 Å². The van der Waals surface area contributed by atoms with E-state index in [0.717, 1.165) is 24.5 Å². The first-order valence-electron chi connectivity index (χ1n) is 6.13. The van der Waals surface area contributed by atoms with Gasteiger partial charge in [-0.2, -0.15) is 0 Å². The second-order valence-electron chi connectivity index (χ2n) is 5.24. The zero-order valence-electron chi connectivity index (χ0n) is 11.6. The number of carbonyl (C=O) groups is 1. The van der Waals surface area contributed by atoms with Crippen LogP contribution in [0, 0.1) is 5.92 Å². The van der Waals surface area contributed by atoms with Gasteiger partial charge in [-0.05, 0) is 26.4 Å². The van der Waals surface area contributed by atoms with Gasteiger partial charge in [-0.3, -0.25) is 14.0 Å². The van der Waals surface area contributed by atoms with Crippen LogP contribution >= 0.6 is 23.1 Å². The summed E-state index contributed by atoms with van der Waals surface area (Å²) in [7, 11) is 3.92. The number of halogens is 1. The van der Waals surface area contributed by atoms with E-state index in [1.54, 1.807) is 0 Å². The van der Waals surface area contributed by atoms with Crippen molar-refractivity contribution in [3.8, 4) is 0 Å². The molecular weight excluding hydrogens is 286 g/mol. The largest absolute Gasteiger partial charge is 0.347 e. The highest BCUT2D eigenvalue weighted by Gasteiger charge is 2.20. The Morgan fingerprint density at radius 2 is 2.11 bits per heavy atom. The fraction of sp³-hybridized carbons (Fsp3) is 0.667. The molecule has 0 radical (unpaired) electrons. The van der Waals surface area contributed by atoms with Gasteiger partial charge in [0.05, 0.1) is 0 Å². The molecule has 0 aliphatic rings. The van der Waals surface area contributed by atoms with Crippen molar-refractivity contribution < 1.29 is 4.79 Å². The van der Waals surface area contributed by atoms with Crippen molar-refractivity contribution in [3.05, 3.63) is 20.3 Å². The van der Waals surface area contributed by atoms with Gasteiger partial charge in [0, 0.05) is 12.6 Å². The van der Waals surface area contributed by atoms with Crippen LogP contribution in [-0.2, 0) is 0 Å². The van der Waals surface area contributed by atoms with Crippen LogP contribution in [0.4, 0.5) is 0 Å². The van der Waals surface area contributed by atoms with Crippen molar-refractivity contribution in [2.45, 2.75) is 26.3 Å². The van der Waals surface area contributed by atoms with Crippen molar-refractivity contribution in [2.24, 2.45) is 5.92 Å². The Balaban J connectivity index is 2.75. The van der Waals surface area contributed by atoms with Crippen LogP contribution < -0.4 is 10.9 Å². The molecule has 0 aliphatic carbocycles. The summed E-state index contributed by atoms with van der Waals surface area (Å²) in [6, 6.07) is 0.0377. The monoisotopic (exact) mass is 305 g/mol. The quantitative estimate of drug-likeness (QED) is 0.842. The van der Waals surface area contributed by atoms with Crippen LogP contribution in [0.2, 0.25) is 5.02 Å². The number of aromatic amines is 1. The van der Waals surface area contributed by atoms with E-state index in [1.165, 1.54) is 0 Å². The number of nitrogens with zero attached hydrogens (tertiary/aromatic N) is 1. The Kier molecular flexibility index (Phi) is 6.03. The third-order valence-corrected chi connectivity index (χ3v) is 3.88. The topological polar surface area (TPSA) is 65.2 Å². The molecule has 7 heteroatoms. The van der Waals surface area contributed by atoms with Gasteiger partial charge >= 0.3 is 0 Å². The number of carbonyl (C=O) groups excluding carboxylic acids is 1. The summed E-state index contributed by atoms with van der Waals surface area (Å²) in [5, 5.41) is 2.90. The van der Waals surface area contributed by atoms with Crippen LogP contribution in [0.5, 0.6) is 0 Å². The van der Waals surface area contributed by atoms with Gasteiger partial charge in [0.15, 0.2) is 0 Å². The average Bonchev–Trinajstić information content (AvgIpc) is 2.57. The molecule has 0 aliphatic heterocycles. The maximum absolute atomic E-state index is 12.1. The van der Waals surface area contributed by atoms with E-state index in [9.17, 15) is 9.59 Å². The van der Waals surface area contributed by atoms with E-state index in [4.69, 9.17) is 11.6 Å². The molecule has 0 fully saturated rings. The lowest BCUT2D eigenvalue weighted by molar-refractivity contribution is 0.0929. The fourth-order valence-electron chi connectivity index (χ4n) is 1.88. The summed E-state index contributed by atoms with van der Waals surface area (Å²) in [4.78, 5) is 25.6. The maximum atomic E-state index is 12.1. The van der Waals surface area contributed by atoms with E-state index >= 15 is 0 Å². The number of H-pyrrole nitrogens is 1. The third-order valence-electron chi connectivity index (χ3n) is 2.53. The Morgan fingerprint density at radius 3 is 2.53 bits per heavy atom. The smallest absolute Gasteiger partial charge is 0.277 e. The predicted molar refractivity (Wildman–Crippen MR) is 79.2 cm³/mol. The minimum Gasteiger partial charge on any atom is -0.347 e. The zero-order valence-corrected chi connectivity index (χ0v) is 13.2.